The minimum atomic E-state index is 0.190. The second-order valence-electron chi connectivity index (χ2n) is 4.67. The zero-order valence-electron chi connectivity index (χ0n) is 11.3. The highest BCUT2D eigenvalue weighted by Crippen LogP contribution is 2.36. The van der Waals surface area contributed by atoms with E-state index in [0.29, 0.717) is 0 Å². The second kappa shape index (κ2) is 7.41. The van der Waals surface area contributed by atoms with E-state index in [1.54, 1.807) is 11.3 Å². The SMILES string of the molecule is CCCNC(c1ccc(Br)c(Cl)c1)c1cc(C)c(Br)s1. The molecule has 1 atom stereocenters. The molecule has 1 N–H and O–H groups in total. The second-order valence-corrected chi connectivity index (χ2v) is 8.33. The summed E-state index contributed by atoms with van der Waals surface area (Å²) in [5, 5.41) is 4.35. The molecule has 0 bridgehead atoms. The van der Waals surface area contributed by atoms with Crippen LogP contribution in [0.3, 0.4) is 0 Å². The zero-order chi connectivity index (χ0) is 14.7. The Morgan fingerprint density at radius 2 is 2.05 bits per heavy atom. The van der Waals surface area contributed by atoms with Crippen LogP contribution in [-0.4, -0.2) is 6.54 Å². The monoisotopic (exact) mass is 435 g/mol. The first-order valence-electron chi connectivity index (χ1n) is 6.47. The summed E-state index contributed by atoms with van der Waals surface area (Å²) < 4.78 is 2.12. The molecule has 0 aliphatic carbocycles. The van der Waals surface area contributed by atoms with Crippen molar-refractivity contribution < 1.29 is 0 Å². The fourth-order valence-corrected chi connectivity index (χ4v) is 4.10. The maximum absolute atomic E-state index is 6.24. The highest BCUT2D eigenvalue weighted by molar-refractivity contribution is 9.11. The molecule has 2 aromatic rings. The highest BCUT2D eigenvalue weighted by Gasteiger charge is 2.17. The van der Waals surface area contributed by atoms with Gasteiger partial charge in [-0.15, -0.1) is 11.3 Å². The molecule has 0 aliphatic rings. The van der Waals surface area contributed by atoms with Crippen LogP contribution in [0.4, 0.5) is 0 Å². The molecule has 0 fully saturated rings. The first kappa shape index (κ1) is 16.5. The van der Waals surface area contributed by atoms with Crippen LogP contribution < -0.4 is 5.32 Å². The van der Waals surface area contributed by atoms with Crippen LogP contribution in [0.5, 0.6) is 0 Å². The Kier molecular flexibility index (Phi) is 6.11. The Hall–Kier alpha value is 0.130. The predicted octanol–water partition coefficient (Wildman–Crippen LogP) is 6.32. The van der Waals surface area contributed by atoms with Gasteiger partial charge in [-0.25, -0.2) is 0 Å². The van der Waals surface area contributed by atoms with Crippen LogP contribution in [0.2, 0.25) is 5.02 Å². The average molecular weight is 438 g/mol. The first-order valence-corrected chi connectivity index (χ1v) is 9.25. The van der Waals surface area contributed by atoms with Gasteiger partial charge in [0, 0.05) is 9.35 Å². The molecule has 1 heterocycles. The summed E-state index contributed by atoms with van der Waals surface area (Å²) in [6.07, 6.45) is 1.10. The van der Waals surface area contributed by atoms with E-state index in [2.05, 4.69) is 63.2 Å². The van der Waals surface area contributed by atoms with Gasteiger partial charge in [-0.05, 0) is 81.1 Å². The molecule has 0 radical (unpaired) electrons. The lowest BCUT2D eigenvalue weighted by molar-refractivity contribution is 0.605. The van der Waals surface area contributed by atoms with Crippen molar-refractivity contribution in [2.24, 2.45) is 0 Å². The highest BCUT2D eigenvalue weighted by atomic mass is 79.9. The third-order valence-corrected chi connectivity index (χ3v) is 6.47. The molecule has 1 nitrogen and oxygen atoms in total. The lowest BCUT2D eigenvalue weighted by Gasteiger charge is -2.18. The molecule has 108 valence electrons. The summed E-state index contributed by atoms with van der Waals surface area (Å²) in [4.78, 5) is 1.31. The summed E-state index contributed by atoms with van der Waals surface area (Å²) >= 11 is 15.1. The first-order chi connectivity index (χ1) is 9.52. The van der Waals surface area contributed by atoms with Crippen LogP contribution in [-0.2, 0) is 0 Å². The summed E-state index contributed by atoms with van der Waals surface area (Å²) in [6.45, 7) is 5.27. The Bertz CT molecular complexity index is 578. The van der Waals surface area contributed by atoms with Crippen LogP contribution in [0.25, 0.3) is 0 Å². The van der Waals surface area contributed by atoms with Gasteiger partial charge in [0.2, 0.25) is 0 Å². The number of halogens is 3. The van der Waals surface area contributed by atoms with E-state index in [4.69, 9.17) is 11.6 Å². The van der Waals surface area contributed by atoms with Gasteiger partial charge in [0.05, 0.1) is 14.9 Å². The summed E-state index contributed by atoms with van der Waals surface area (Å²) in [6, 6.07) is 8.58. The van der Waals surface area contributed by atoms with Gasteiger partial charge in [-0.2, -0.15) is 0 Å². The molecular formula is C15H16Br2ClNS. The molecule has 2 rings (SSSR count). The van der Waals surface area contributed by atoms with Crippen molar-refractivity contribution in [3.63, 3.8) is 0 Å². The number of nitrogens with one attached hydrogen (secondary N) is 1. The van der Waals surface area contributed by atoms with Gasteiger partial charge < -0.3 is 5.32 Å². The molecule has 0 saturated heterocycles. The van der Waals surface area contributed by atoms with Crippen LogP contribution >= 0.6 is 54.8 Å². The molecule has 0 amide bonds. The number of rotatable bonds is 5. The van der Waals surface area contributed by atoms with Crippen molar-refractivity contribution >= 4 is 54.8 Å². The molecule has 20 heavy (non-hydrogen) atoms. The van der Waals surface area contributed by atoms with Crippen molar-refractivity contribution in [3.05, 3.63) is 53.6 Å². The van der Waals surface area contributed by atoms with Crippen LogP contribution in [0, 0.1) is 6.92 Å². The molecule has 1 aromatic heterocycles. The number of hydrogen-bond acceptors (Lipinski definition) is 2. The number of hydrogen-bond donors (Lipinski definition) is 1. The van der Waals surface area contributed by atoms with Gasteiger partial charge in [0.25, 0.3) is 0 Å². The largest absolute Gasteiger partial charge is 0.306 e. The van der Waals surface area contributed by atoms with Crippen molar-refractivity contribution in [2.45, 2.75) is 26.3 Å². The molecule has 0 saturated carbocycles. The van der Waals surface area contributed by atoms with Gasteiger partial charge in [0.15, 0.2) is 0 Å². The van der Waals surface area contributed by atoms with E-state index in [1.165, 1.54) is 19.8 Å². The van der Waals surface area contributed by atoms with Crippen molar-refractivity contribution in [1.29, 1.82) is 0 Å². The Morgan fingerprint density at radius 1 is 1.30 bits per heavy atom. The van der Waals surface area contributed by atoms with E-state index in [-0.39, 0.29) is 6.04 Å². The van der Waals surface area contributed by atoms with E-state index < -0.39 is 0 Å². The van der Waals surface area contributed by atoms with Crippen LogP contribution in [0.1, 0.15) is 35.4 Å². The normalized spacial score (nSPS) is 12.7. The van der Waals surface area contributed by atoms with E-state index >= 15 is 0 Å². The fraction of sp³-hybridized carbons (Fsp3) is 0.333. The predicted molar refractivity (Wildman–Crippen MR) is 96.0 cm³/mol. The van der Waals surface area contributed by atoms with Crippen molar-refractivity contribution in [2.75, 3.05) is 6.54 Å². The molecule has 1 aromatic carbocycles. The quantitative estimate of drug-likeness (QED) is 0.577. The maximum atomic E-state index is 6.24. The lowest BCUT2D eigenvalue weighted by atomic mass is 10.0. The molecular weight excluding hydrogens is 422 g/mol. The molecule has 0 aliphatic heterocycles. The molecule has 0 spiro atoms. The molecule has 1 unspecified atom stereocenters. The third-order valence-electron chi connectivity index (χ3n) is 3.04. The Morgan fingerprint density at radius 3 is 2.60 bits per heavy atom. The topological polar surface area (TPSA) is 12.0 Å². The standard InChI is InChI=1S/C15H16Br2ClNS/c1-3-6-19-14(13-7-9(2)15(17)20-13)10-4-5-11(16)12(18)8-10/h4-5,7-8,14,19H,3,6H2,1-2H3. The van der Waals surface area contributed by atoms with E-state index in [9.17, 15) is 0 Å². The third kappa shape index (κ3) is 3.86. The van der Waals surface area contributed by atoms with Crippen molar-refractivity contribution in [3.8, 4) is 0 Å². The van der Waals surface area contributed by atoms with E-state index in [1.807, 2.05) is 12.1 Å². The average Bonchev–Trinajstić information content (AvgIpc) is 2.74. The summed E-state index contributed by atoms with van der Waals surface area (Å²) in [5.74, 6) is 0. The van der Waals surface area contributed by atoms with Crippen molar-refractivity contribution in [1.82, 2.24) is 5.32 Å². The number of thiophene rings is 1. The smallest absolute Gasteiger partial charge is 0.0731 e. The lowest BCUT2D eigenvalue weighted by Crippen LogP contribution is -2.22. The Balaban J connectivity index is 2.38. The number of aryl methyl sites for hydroxylation is 1. The van der Waals surface area contributed by atoms with Gasteiger partial charge in [-0.1, -0.05) is 24.6 Å². The zero-order valence-corrected chi connectivity index (χ0v) is 16.1. The number of benzene rings is 1. The Labute approximate surface area is 146 Å². The van der Waals surface area contributed by atoms with Gasteiger partial charge >= 0.3 is 0 Å². The van der Waals surface area contributed by atoms with Crippen LogP contribution in [0.15, 0.2) is 32.5 Å². The molecule has 5 heteroatoms. The van der Waals surface area contributed by atoms with E-state index in [0.717, 1.165) is 22.5 Å². The minimum Gasteiger partial charge on any atom is -0.306 e. The maximum Gasteiger partial charge on any atom is 0.0731 e. The fourth-order valence-electron chi connectivity index (χ4n) is 1.99. The summed E-state index contributed by atoms with van der Waals surface area (Å²) in [7, 11) is 0. The van der Waals surface area contributed by atoms with Gasteiger partial charge in [-0.3, -0.25) is 0 Å². The minimum absolute atomic E-state index is 0.190. The summed E-state index contributed by atoms with van der Waals surface area (Å²) in [5.41, 5.74) is 2.47. The van der Waals surface area contributed by atoms with Gasteiger partial charge in [0.1, 0.15) is 0 Å².